The SMILES string of the molecule is Cc1cn([C@H]2C[C@H](O[P@](OC[C@H]3O[C@@H](n4cc(C)c(=O)[nH]c4=O)C[C@@H]3O[Si](c3ccccc3)(c3ccccc3)C(C)(C)C)O[C@H](CO[Si](C)(C)C(C)(C)C)Cc3cc4ccccc4[nH]3)[C@@H](CO[Si](C)(C)C(C)(C)C)O2)c(=O)[nH]c1=O. The summed E-state index contributed by atoms with van der Waals surface area (Å²) in [7, 11) is -10.3. The molecule has 3 aromatic carbocycles. The number of H-pyrrole nitrogens is 3. The van der Waals surface area contributed by atoms with E-state index >= 15 is 0 Å². The van der Waals surface area contributed by atoms with Gasteiger partial charge in [-0.3, -0.25) is 28.7 Å². The van der Waals surface area contributed by atoms with Gasteiger partial charge in [0.25, 0.3) is 19.4 Å². The van der Waals surface area contributed by atoms with E-state index in [1.54, 1.807) is 13.8 Å². The number of benzene rings is 3. The average Bonchev–Trinajstić information content (AvgIpc) is 4.12. The lowest BCUT2D eigenvalue weighted by molar-refractivity contribution is -0.0546. The third-order valence-electron chi connectivity index (χ3n) is 16.7. The zero-order chi connectivity index (χ0) is 58.2. The first-order valence-electron chi connectivity index (χ1n) is 27.8. The molecule has 0 amide bonds. The molecule has 0 unspecified atom stereocenters. The summed E-state index contributed by atoms with van der Waals surface area (Å²) in [6.45, 7) is 32.1. The Morgan fingerprint density at radius 1 is 0.625 bits per heavy atom. The second-order valence-electron chi connectivity index (χ2n) is 25.6. The van der Waals surface area contributed by atoms with E-state index in [9.17, 15) is 19.2 Å². The standard InChI is InChI=1S/C59H84N5O12PSi3/c1-39-34-63(55(67)61-53(39)65)51-32-47(50(73-51)38-71-79(14,15)58(6,7)8)75-77(74-43(36-70-78(12,13)57(3,4)5)31-42-30-41-24-22-23-29-46(41)60-42)69-37-49-48(33-52(72-49)64-35-40(2)54(66)62-56(64)68)76-80(59(9,10)11,44-25-18-16-19-26-44)45-27-20-17-21-28-45/h16-30,34-35,43,47-52,60H,31-33,36-38H2,1-15H3,(H,61,65,67)(H,62,66,68)/t43-,47-,48-,49+,50+,51+,52+,77+/m0/s1. The number of nitrogens with zero attached hydrogens (tertiary/aromatic N) is 2. The zero-order valence-electron chi connectivity index (χ0n) is 49.3. The molecule has 2 fully saturated rings. The lowest BCUT2D eigenvalue weighted by Gasteiger charge is -2.45. The van der Waals surface area contributed by atoms with Crippen molar-refractivity contribution < 1.29 is 36.3 Å². The summed E-state index contributed by atoms with van der Waals surface area (Å²) >= 11 is 0. The van der Waals surface area contributed by atoms with E-state index in [2.05, 4.69) is 140 Å². The van der Waals surface area contributed by atoms with Crippen molar-refractivity contribution in [3.05, 3.63) is 162 Å². The van der Waals surface area contributed by atoms with E-state index in [0.29, 0.717) is 17.5 Å². The molecule has 8 rings (SSSR count). The topological polar surface area (TPSA) is 199 Å². The Labute approximate surface area is 474 Å². The van der Waals surface area contributed by atoms with Crippen LogP contribution in [0.5, 0.6) is 0 Å². The normalized spacial score (nSPS) is 21.3. The summed E-state index contributed by atoms with van der Waals surface area (Å²) < 4.78 is 59.7. The van der Waals surface area contributed by atoms with Crippen molar-refractivity contribution in [1.82, 2.24) is 24.1 Å². The molecule has 0 aliphatic carbocycles. The summed E-state index contributed by atoms with van der Waals surface area (Å²) in [6, 6.07) is 30.9. The number of aromatic amines is 3. The Balaban J connectivity index is 1.21. The lowest BCUT2D eigenvalue weighted by Crippen LogP contribution is -2.68. The fraction of sp³-hybridized carbons (Fsp3) is 0.525. The quantitative estimate of drug-likeness (QED) is 0.0456. The van der Waals surface area contributed by atoms with Crippen molar-refractivity contribution in [2.75, 3.05) is 19.8 Å². The van der Waals surface area contributed by atoms with Gasteiger partial charge in [-0.25, -0.2) is 9.59 Å². The van der Waals surface area contributed by atoms with Crippen molar-refractivity contribution in [3.63, 3.8) is 0 Å². The number of fused-ring (bicyclic) bond motifs is 1. The fourth-order valence-corrected chi connectivity index (χ4v) is 17.9. The van der Waals surface area contributed by atoms with Gasteiger partial charge in [0.05, 0.1) is 38.1 Å². The van der Waals surface area contributed by atoms with Crippen molar-refractivity contribution in [2.24, 2.45) is 0 Å². The zero-order valence-corrected chi connectivity index (χ0v) is 53.2. The average molecular weight is 1170 g/mol. The number of hydrogen-bond acceptors (Lipinski definition) is 12. The molecule has 6 aromatic rings. The van der Waals surface area contributed by atoms with Crippen molar-refractivity contribution in [1.29, 1.82) is 0 Å². The molecule has 2 aliphatic rings. The van der Waals surface area contributed by atoms with Crippen LogP contribution in [0.2, 0.25) is 41.3 Å². The number of hydrogen-bond donors (Lipinski definition) is 3. The molecular weight excluding hydrogens is 1090 g/mol. The lowest BCUT2D eigenvalue weighted by atomic mass is 10.2. The number of aryl methyl sites for hydroxylation is 2. The Kier molecular flexibility index (Phi) is 18.6. The Hall–Kier alpha value is -4.68. The van der Waals surface area contributed by atoms with Gasteiger partial charge in [-0.15, -0.1) is 0 Å². The van der Waals surface area contributed by atoms with Crippen LogP contribution in [-0.2, 0) is 42.7 Å². The predicted octanol–water partition coefficient (Wildman–Crippen LogP) is 10.0. The maximum Gasteiger partial charge on any atom is 0.333 e. The molecule has 3 N–H and O–H groups in total. The van der Waals surface area contributed by atoms with Crippen molar-refractivity contribution in [2.45, 2.75) is 180 Å². The summed E-state index contributed by atoms with van der Waals surface area (Å²) in [5.41, 5.74) is 0.465. The highest BCUT2D eigenvalue weighted by Gasteiger charge is 2.54. The first kappa shape index (κ1) is 61.4. The fourth-order valence-electron chi connectivity index (χ4n) is 9.89. The minimum absolute atomic E-state index is 0.106. The number of nitrogens with one attached hydrogen (secondary N) is 3. The van der Waals surface area contributed by atoms with E-state index in [-0.39, 0.29) is 42.7 Å². The highest BCUT2D eigenvalue weighted by Crippen LogP contribution is 2.50. The van der Waals surface area contributed by atoms with Crippen LogP contribution in [0, 0.1) is 13.8 Å². The van der Waals surface area contributed by atoms with Gasteiger partial charge in [0.1, 0.15) is 24.7 Å². The Morgan fingerprint density at radius 2 is 1.11 bits per heavy atom. The number of aromatic nitrogens is 5. The smallest absolute Gasteiger partial charge is 0.333 e. The molecule has 21 heteroatoms. The highest BCUT2D eigenvalue weighted by molar-refractivity contribution is 7.41. The summed E-state index contributed by atoms with van der Waals surface area (Å²) in [6.07, 6.45) is -1.30. The Bertz CT molecular complexity index is 3240. The van der Waals surface area contributed by atoms with E-state index in [1.165, 1.54) is 21.5 Å². The van der Waals surface area contributed by atoms with Crippen LogP contribution in [0.1, 0.15) is 104 Å². The van der Waals surface area contributed by atoms with E-state index in [4.69, 9.17) is 36.3 Å². The molecule has 80 heavy (non-hydrogen) atoms. The second kappa shape index (κ2) is 24.3. The van der Waals surface area contributed by atoms with Crippen molar-refractivity contribution >= 4 is 54.8 Å². The molecule has 0 radical (unpaired) electrons. The van der Waals surface area contributed by atoms with Crippen LogP contribution in [0.4, 0.5) is 0 Å². The van der Waals surface area contributed by atoms with Gasteiger partial charge in [-0.05, 0) is 83.0 Å². The minimum Gasteiger partial charge on any atom is -0.414 e. The molecule has 434 valence electrons. The van der Waals surface area contributed by atoms with Crippen LogP contribution >= 0.6 is 8.60 Å². The monoisotopic (exact) mass is 1170 g/mol. The molecule has 0 spiro atoms. The summed E-state index contributed by atoms with van der Waals surface area (Å²) in [4.78, 5) is 61.1. The summed E-state index contributed by atoms with van der Waals surface area (Å²) in [5, 5.41) is 2.53. The van der Waals surface area contributed by atoms with E-state index in [0.717, 1.165) is 27.0 Å². The van der Waals surface area contributed by atoms with Gasteiger partial charge in [0, 0.05) is 54.0 Å². The van der Waals surface area contributed by atoms with Crippen molar-refractivity contribution in [3.8, 4) is 0 Å². The molecule has 2 saturated heterocycles. The van der Waals surface area contributed by atoms with Crippen LogP contribution in [0.25, 0.3) is 10.9 Å². The number of rotatable bonds is 21. The van der Waals surface area contributed by atoms with Crippen LogP contribution < -0.4 is 32.9 Å². The maximum absolute atomic E-state index is 13.7. The van der Waals surface area contributed by atoms with Crippen LogP contribution in [0.15, 0.2) is 123 Å². The second-order valence-corrected chi connectivity index (χ2v) is 40.6. The van der Waals surface area contributed by atoms with E-state index < -0.39 is 104 Å². The highest BCUT2D eigenvalue weighted by atomic mass is 31.2. The van der Waals surface area contributed by atoms with Crippen LogP contribution in [0.3, 0.4) is 0 Å². The van der Waals surface area contributed by atoms with E-state index in [1.807, 2.05) is 54.6 Å². The van der Waals surface area contributed by atoms with Gasteiger partial charge in [-0.2, -0.15) is 0 Å². The molecule has 8 atom stereocenters. The maximum atomic E-state index is 13.7. The minimum atomic E-state index is -3.26. The van der Waals surface area contributed by atoms with Gasteiger partial charge in [0.15, 0.2) is 16.6 Å². The van der Waals surface area contributed by atoms with Gasteiger partial charge in [0.2, 0.25) is 0 Å². The van der Waals surface area contributed by atoms with Gasteiger partial charge < -0.3 is 41.3 Å². The predicted molar refractivity (Wildman–Crippen MR) is 323 cm³/mol. The largest absolute Gasteiger partial charge is 0.414 e. The number of para-hydroxylation sites is 1. The van der Waals surface area contributed by atoms with Gasteiger partial charge in [-0.1, -0.05) is 141 Å². The summed E-state index contributed by atoms with van der Waals surface area (Å²) in [5.74, 6) is 0. The molecule has 17 nitrogen and oxygen atoms in total. The van der Waals surface area contributed by atoms with Gasteiger partial charge >= 0.3 is 20.0 Å². The number of ether oxygens (including phenoxy) is 2. The molecular formula is C59H84N5O12PSi3. The molecule has 0 saturated carbocycles. The van der Waals surface area contributed by atoms with Crippen LogP contribution in [-0.4, -0.2) is 99.4 Å². The Morgan fingerprint density at radius 3 is 1.62 bits per heavy atom. The molecule has 5 heterocycles. The first-order valence-corrected chi connectivity index (χ1v) is 36.6. The third kappa shape index (κ3) is 13.7. The molecule has 0 bridgehead atoms. The molecule has 2 aliphatic heterocycles. The first-order chi connectivity index (χ1) is 37.5. The third-order valence-corrected chi connectivity index (χ3v) is 32.0. The molecule has 3 aromatic heterocycles.